The molecule has 0 bridgehead atoms. The minimum atomic E-state index is -0.243. The molecular weight excluding hydrogens is 330 g/mol. The van der Waals surface area contributed by atoms with Crippen LogP contribution in [0.5, 0.6) is 0 Å². The lowest BCUT2D eigenvalue weighted by molar-refractivity contribution is -0.117. The van der Waals surface area contributed by atoms with E-state index >= 15 is 0 Å². The van der Waals surface area contributed by atoms with E-state index in [0.29, 0.717) is 17.1 Å². The summed E-state index contributed by atoms with van der Waals surface area (Å²) in [4.78, 5) is 17.7. The quantitative estimate of drug-likeness (QED) is 0.746. The molecule has 3 aromatic rings. The molecule has 1 N–H and O–H groups in total. The zero-order chi connectivity index (χ0) is 17.6. The number of anilines is 1. The van der Waals surface area contributed by atoms with E-state index in [0.717, 1.165) is 16.0 Å². The molecule has 0 aliphatic carbocycles. The van der Waals surface area contributed by atoms with Crippen LogP contribution in [-0.2, 0) is 11.2 Å². The minimum Gasteiger partial charge on any atom is -0.301 e. The second-order valence-corrected chi connectivity index (χ2v) is 6.81. The highest BCUT2D eigenvalue weighted by Crippen LogP contribution is 2.24. The molecule has 1 heterocycles. The monoisotopic (exact) mass is 347 g/mol. The Kier molecular flexibility index (Phi) is 5.22. The Morgan fingerprint density at radius 3 is 2.68 bits per heavy atom. The summed E-state index contributed by atoms with van der Waals surface area (Å²) in [5.74, 6) is -0.322. The summed E-state index contributed by atoms with van der Waals surface area (Å²) in [6, 6.07) is 19.4. The molecule has 25 heavy (non-hydrogen) atoms. The maximum atomic E-state index is 12.4. The normalized spacial score (nSPS) is 11.5. The number of benzene rings is 2. The first kappa shape index (κ1) is 16.9. The van der Waals surface area contributed by atoms with Gasteiger partial charge in [-0.25, -0.2) is 4.98 Å². The van der Waals surface area contributed by atoms with Gasteiger partial charge in [0.15, 0.2) is 5.13 Å². The van der Waals surface area contributed by atoms with Gasteiger partial charge in [0.1, 0.15) is 0 Å². The average molecular weight is 347 g/mol. The summed E-state index contributed by atoms with van der Waals surface area (Å²) < 4.78 is 0. The number of hydrogen-bond acceptors (Lipinski definition) is 4. The molecule has 0 fully saturated rings. The van der Waals surface area contributed by atoms with Gasteiger partial charge in [0.25, 0.3) is 0 Å². The average Bonchev–Trinajstić information content (AvgIpc) is 3.09. The maximum absolute atomic E-state index is 12.4. The Morgan fingerprint density at radius 2 is 1.92 bits per heavy atom. The van der Waals surface area contributed by atoms with Crippen molar-refractivity contribution >= 4 is 22.4 Å². The number of carbonyl (C=O) groups is 1. The van der Waals surface area contributed by atoms with Crippen LogP contribution in [0.1, 0.15) is 34.4 Å². The Bertz CT molecular complexity index is 912. The Hall–Kier alpha value is -2.97. The van der Waals surface area contributed by atoms with Gasteiger partial charge in [-0.1, -0.05) is 48.5 Å². The second kappa shape index (κ2) is 7.73. The predicted octanol–water partition coefficient (Wildman–Crippen LogP) is 4.35. The SMILES string of the molecule is CC(C(=O)Nc1ncc(Cc2ccccc2C#N)s1)c1ccccc1. The number of rotatable bonds is 5. The molecule has 2 aromatic carbocycles. The summed E-state index contributed by atoms with van der Waals surface area (Å²) in [6.07, 6.45) is 2.38. The van der Waals surface area contributed by atoms with E-state index in [4.69, 9.17) is 0 Å². The molecule has 124 valence electrons. The third-order valence-electron chi connectivity index (χ3n) is 3.98. The Labute approximate surface area is 150 Å². The van der Waals surface area contributed by atoms with Crippen LogP contribution < -0.4 is 5.32 Å². The number of nitrogens with zero attached hydrogens (tertiary/aromatic N) is 2. The van der Waals surface area contributed by atoms with Gasteiger partial charge in [-0.15, -0.1) is 11.3 Å². The van der Waals surface area contributed by atoms with Gasteiger partial charge >= 0.3 is 0 Å². The summed E-state index contributed by atoms with van der Waals surface area (Å²) in [6.45, 7) is 1.88. The van der Waals surface area contributed by atoms with Gasteiger partial charge in [0.2, 0.25) is 5.91 Å². The van der Waals surface area contributed by atoms with Gasteiger partial charge in [0, 0.05) is 17.5 Å². The number of carbonyl (C=O) groups excluding carboxylic acids is 1. The van der Waals surface area contributed by atoms with Gasteiger partial charge < -0.3 is 5.32 Å². The lowest BCUT2D eigenvalue weighted by Gasteiger charge is -2.10. The van der Waals surface area contributed by atoms with Crippen molar-refractivity contribution in [3.05, 3.63) is 82.4 Å². The van der Waals surface area contributed by atoms with Gasteiger partial charge in [0.05, 0.1) is 17.6 Å². The lowest BCUT2D eigenvalue weighted by Crippen LogP contribution is -2.18. The summed E-state index contributed by atoms with van der Waals surface area (Å²) in [7, 11) is 0. The number of thiazole rings is 1. The van der Waals surface area contributed by atoms with E-state index in [1.165, 1.54) is 11.3 Å². The van der Waals surface area contributed by atoms with Crippen LogP contribution in [0.25, 0.3) is 0 Å². The smallest absolute Gasteiger partial charge is 0.233 e. The van der Waals surface area contributed by atoms with E-state index in [-0.39, 0.29) is 11.8 Å². The zero-order valence-electron chi connectivity index (χ0n) is 13.8. The number of nitrogens with one attached hydrogen (secondary N) is 1. The molecule has 5 heteroatoms. The number of nitriles is 1. The third kappa shape index (κ3) is 4.11. The van der Waals surface area contributed by atoms with Crippen molar-refractivity contribution in [2.75, 3.05) is 5.32 Å². The highest BCUT2D eigenvalue weighted by atomic mass is 32.1. The third-order valence-corrected chi connectivity index (χ3v) is 4.89. The molecule has 3 rings (SSSR count). The van der Waals surface area contributed by atoms with Gasteiger partial charge in [-0.3, -0.25) is 4.79 Å². The topological polar surface area (TPSA) is 65.8 Å². The molecule has 4 nitrogen and oxygen atoms in total. The van der Waals surface area contributed by atoms with Crippen LogP contribution in [0.3, 0.4) is 0 Å². The van der Waals surface area contributed by atoms with Crippen molar-refractivity contribution < 1.29 is 4.79 Å². The van der Waals surface area contributed by atoms with Crippen LogP contribution in [0.4, 0.5) is 5.13 Å². The fraction of sp³-hybridized carbons (Fsp3) is 0.150. The molecule has 0 spiro atoms. The summed E-state index contributed by atoms with van der Waals surface area (Å²) in [5.41, 5.74) is 2.60. The number of hydrogen-bond donors (Lipinski definition) is 1. The number of aromatic nitrogens is 1. The minimum absolute atomic E-state index is 0.0791. The van der Waals surface area contributed by atoms with Crippen molar-refractivity contribution in [2.24, 2.45) is 0 Å². The standard InChI is InChI=1S/C20H17N3OS/c1-14(15-7-3-2-4-8-15)19(24)23-20-22-13-18(25-20)11-16-9-5-6-10-17(16)12-21/h2-10,13-14H,11H2,1H3,(H,22,23,24). The Balaban J connectivity index is 1.68. The van der Waals surface area contributed by atoms with E-state index in [2.05, 4.69) is 16.4 Å². The largest absolute Gasteiger partial charge is 0.301 e. The maximum Gasteiger partial charge on any atom is 0.233 e. The van der Waals surface area contributed by atoms with Gasteiger partial charge in [-0.05, 0) is 24.1 Å². The molecule has 0 radical (unpaired) electrons. The van der Waals surface area contributed by atoms with Crippen molar-refractivity contribution in [3.63, 3.8) is 0 Å². The first-order valence-electron chi connectivity index (χ1n) is 7.96. The lowest BCUT2D eigenvalue weighted by atomic mass is 10.0. The second-order valence-electron chi connectivity index (χ2n) is 5.70. The summed E-state index contributed by atoms with van der Waals surface area (Å²) >= 11 is 1.44. The first-order valence-corrected chi connectivity index (χ1v) is 8.77. The molecule has 0 saturated carbocycles. The molecule has 1 amide bonds. The van der Waals surface area contributed by atoms with Crippen LogP contribution in [0.2, 0.25) is 0 Å². The van der Waals surface area contributed by atoms with E-state index < -0.39 is 0 Å². The van der Waals surface area contributed by atoms with Crippen LogP contribution >= 0.6 is 11.3 Å². The molecular formula is C20H17N3OS. The Morgan fingerprint density at radius 1 is 1.20 bits per heavy atom. The molecule has 0 aliphatic heterocycles. The van der Waals surface area contributed by atoms with Crippen LogP contribution in [-0.4, -0.2) is 10.9 Å². The zero-order valence-corrected chi connectivity index (χ0v) is 14.6. The molecule has 1 atom stereocenters. The van der Waals surface area contributed by atoms with Crippen molar-refractivity contribution in [1.82, 2.24) is 4.98 Å². The van der Waals surface area contributed by atoms with E-state index in [9.17, 15) is 10.1 Å². The molecule has 0 aliphatic rings. The first-order chi connectivity index (χ1) is 12.2. The fourth-order valence-corrected chi connectivity index (χ4v) is 3.36. The van der Waals surface area contributed by atoms with Crippen molar-refractivity contribution in [1.29, 1.82) is 5.26 Å². The van der Waals surface area contributed by atoms with Crippen molar-refractivity contribution in [2.45, 2.75) is 19.3 Å². The predicted molar refractivity (Wildman–Crippen MR) is 99.6 cm³/mol. The summed E-state index contributed by atoms with van der Waals surface area (Å²) in [5, 5.41) is 12.6. The highest BCUT2D eigenvalue weighted by molar-refractivity contribution is 7.15. The highest BCUT2D eigenvalue weighted by Gasteiger charge is 2.16. The number of amides is 1. The van der Waals surface area contributed by atoms with E-state index in [1.807, 2.05) is 55.5 Å². The van der Waals surface area contributed by atoms with E-state index in [1.54, 1.807) is 12.3 Å². The van der Waals surface area contributed by atoms with Gasteiger partial charge in [-0.2, -0.15) is 5.26 Å². The molecule has 1 aromatic heterocycles. The molecule has 0 saturated heterocycles. The molecule has 1 unspecified atom stereocenters. The van der Waals surface area contributed by atoms with Crippen LogP contribution in [0, 0.1) is 11.3 Å². The fourth-order valence-electron chi connectivity index (χ4n) is 2.52. The van der Waals surface area contributed by atoms with Crippen LogP contribution in [0.15, 0.2) is 60.8 Å². The van der Waals surface area contributed by atoms with Crippen molar-refractivity contribution in [3.8, 4) is 6.07 Å².